The number of para-hydroxylation sites is 1. The van der Waals surface area contributed by atoms with Crippen LogP contribution in [0.4, 0.5) is 10.1 Å². The quantitative estimate of drug-likeness (QED) is 0.795. The molecule has 0 N–H and O–H groups in total. The first kappa shape index (κ1) is 15.3. The van der Waals surface area contributed by atoms with Crippen LogP contribution in [0.5, 0.6) is 5.75 Å². The summed E-state index contributed by atoms with van der Waals surface area (Å²) in [5.74, 6) is 0.329. The lowest BCUT2D eigenvalue weighted by Gasteiger charge is -2.31. The Morgan fingerprint density at radius 2 is 1.83 bits per heavy atom. The molecule has 0 aliphatic carbocycles. The number of hydrogen-bond acceptors (Lipinski definition) is 3. The van der Waals surface area contributed by atoms with Crippen molar-refractivity contribution in [2.24, 2.45) is 4.99 Å². The maximum atomic E-state index is 13.0. The molecule has 1 aliphatic rings. The van der Waals surface area contributed by atoms with Gasteiger partial charge in [-0.1, -0.05) is 31.5 Å². The van der Waals surface area contributed by atoms with Gasteiger partial charge in [0.25, 0.3) is 0 Å². The Bertz CT molecular complexity index is 695. The standard InChI is InChI=1S/C19H19FN2O/c1-2-6-16-14-22(17-7-4-3-5-8-17)19(13-21-16)23-18-11-9-15(20)10-12-18/h3-5,7-14,19H,2,6H2,1H3. The Balaban J connectivity index is 1.85. The Morgan fingerprint density at radius 3 is 2.52 bits per heavy atom. The highest BCUT2D eigenvalue weighted by Gasteiger charge is 2.21. The predicted molar refractivity (Wildman–Crippen MR) is 91.2 cm³/mol. The molecule has 1 aliphatic heterocycles. The van der Waals surface area contributed by atoms with Gasteiger partial charge < -0.3 is 9.64 Å². The number of halogens is 1. The molecule has 2 aromatic carbocycles. The van der Waals surface area contributed by atoms with Crippen LogP contribution >= 0.6 is 0 Å². The zero-order valence-electron chi connectivity index (χ0n) is 13.0. The third-order valence-electron chi connectivity index (χ3n) is 3.56. The predicted octanol–water partition coefficient (Wildman–Crippen LogP) is 4.76. The Hall–Kier alpha value is -2.62. The van der Waals surface area contributed by atoms with E-state index in [1.165, 1.54) is 12.1 Å². The SMILES string of the molecule is CCCC1=CN(c2ccccc2)C(Oc2ccc(F)cc2)C=N1. The molecule has 0 spiro atoms. The van der Waals surface area contributed by atoms with Crippen molar-refractivity contribution >= 4 is 11.9 Å². The van der Waals surface area contributed by atoms with Gasteiger partial charge in [-0.25, -0.2) is 4.39 Å². The number of rotatable bonds is 5. The third-order valence-corrected chi connectivity index (χ3v) is 3.56. The van der Waals surface area contributed by atoms with Crippen molar-refractivity contribution < 1.29 is 9.13 Å². The molecule has 1 atom stereocenters. The number of anilines is 1. The van der Waals surface area contributed by atoms with Crippen molar-refractivity contribution in [1.82, 2.24) is 0 Å². The van der Waals surface area contributed by atoms with Gasteiger partial charge in [0.15, 0.2) is 0 Å². The molecule has 3 rings (SSSR count). The lowest BCUT2D eigenvalue weighted by Crippen LogP contribution is -2.39. The first-order chi connectivity index (χ1) is 11.3. The third kappa shape index (κ3) is 3.77. The van der Waals surface area contributed by atoms with Crippen LogP contribution in [0.3, 0.4) is 0 Å². The molecule has 0 fully saturated rings. The molecule has 1 heterocycles. The van der Waals surface area contributed by atoms with Crippen LogP contribution in [0, 0.1) is 5.82 Å². The van der Waals surface area contributed by atoms with Gasteiger partial charge in [0.2, 0.25) is 6.23 Å². The van der Waals surface area contributed by atoms with Crippen molar-refractivity contribution in [1.29, 1.82) is 0 Å². The molecule has 0 amide bonds. The minimum Gasteiger partial charge on any atom is -0.465 e. The second-order valence-electron chi connectivity index (χ2n) is 5.35. The first-order valence-electron chi connectivity index (χ1n) is 7.77. The fraction of sp³-hybridized carbons (Fsp3) is 0.211. The minimum atomic E-state index is -0.358. The van der Waals surface area contributed by atoms with Crippen molar-refractivity contribution in [3.8, 4) is 5.75 Å². The Morgan fingerprint density at radius 1 is 1.09 bits per heavy atom. The van der Waals surface area contributed by atoms with E-state index < -0.39 is 0 Å². The largest absolute Gasteiger partial charge is 0.465 e. The van der Waals surface area contributed by atoms with Gasteiger partial charge in [0, 0.05) is 11.9 Å². The summed E-state index contributed by atoms with van der Waals surface area (Å²) in [6.07, 6.45) is 5.41. The summed E-state index contributed by atoms with van der Waals surface area (Å²) in [5.41, 5.74) is 2.05. The summed E-state index contributed by atoms with van der Waals surface area (Å²) in [6, 6.07) is 16.0. The summed E-state index contributed by atoms with van der Waals surface area (Å²) in [4.78, 5) is 6.53. The molecule has 0 aromatic heterocycles. The highest BCUT2D eigenvalue weighted by Crippen LogP contribution is 2.24. The van der Waals surface area contributed by atoms with Crippen LogP contribution in [0.25, 0.3) is 0 Å². The summed E-state index contributed by atoms with van der Waals surface area (Å²) < 4.78 is 19.0. The molecule has 0 saturated carbocycles. The van der Waals surface area contributed by atoms with E-state index >= 15 is 0 Å². The van der Waals surface area contributed by atoms with Gasteiger partial charge in [-0.15, -0.1) is 0 Å². The molecule has 0 radical (unpaired) electrons. The highest BCUT2D eigenvalue weighted by atomic mass is 19.1. The molecule has 4 heteroatoms. The Labute approximate surface area is 135 Å². The average molecular weight is 310 g/mol. The van der Waals surface area contributed by atoms with Crippen LogP contribution < -0.4 is 9.64 Å². The van der Waals surface area contributed by atoms with E-state index in [1.54, 1.807) is 18.3 Å². The summed E-state index contributed by atoms with van der Waals surface area (Å²) in [7, 11) is 0. The highest BCUT2D eigenvalue weighted by molar-refractivity contribution is 5.74. The molecule has 2 aromatic rings. The molecule has 3 nitrogen and oxygen atoms in total. The molecule has 23 heavy (non-hydrogen) atoms. The molecule has 0 bridgehead atoms. The van der Waals surface area contributed by atoms with Crippen LogP contribution in [-0.4, -0.2) is 12.4 Å². The van der Waals surface area contributed by atoms with Gasteiger partial charge in [-0.2, -0.15) is 0 Å². The second kappa shape index (κ2) is 7.09. The fourth-order valence-corrected chi connectivity index (χ4v) is 2.45. The molecule has 1 unspecified atom stereocenters. The van der Waals surface area contributed by atoms with Gasteiger partial charge >= 0.3 is 0 Å². The number of aliphatic imine (C=N–C) groups is 1. The zero-order chi connectivity index (χ0) is 16.1. The summed E-state index contributed by atoms with van der Waals surface area (Å²) in [5, 5.41) is 0. The lowest BCUT2D eigenvalue weighted by atomic mass is 10.2. The van der Waals surface area contributed by atoms with E-state index in [-0.39, 0.29) is 12.0 Å². The minimum absolute atomic E-state index is 0.278. The number of allylic oxidation sites excluding steroid dienone is 1. The zero-order valence-corrected chi connectivity index (χ0v) is 13.0. The number of ether oxygens (including phenoxy) is 1. The van der Waals surface area contributed by atoms with Gasteiger partial charge in [0.05, 0.1) is 11.9 Å². The maximum absolute atomic E-state index is 13.0. The molecule has 0 saturated heterocycles. The van der Waals surface area contributed by atoms with Crippen LogP contribution in [-0.2, 0) is 0 Å². The summed E-state index contributed by atoms with van der Waals surface area (Å²) >= 11 is 0. The number of benzene rings is 2. The lowest BCUT2D eigenvalue weighted by molar-refractivity contribution is 0.273. The van der Waals surface area contributed by atoms with Gasteiger partial charge in [-0.3, -0.25) is 4.99 Å². The van der Waals surface area contributed by atoms with Gasteiger partial charge in [0.1, 0.15) is 11.6 Å². The van der Waals surface area contributed by atoms with Gasteiger partial charge in [-0.05, 0) is 42.8 Å². The van der Waals surface area contributed by atoms with Crippen LogP contribution in [0.15, 0.2) is 71.5 Å². The van der Waals surface area contributed by atoms with Crippen LogP contribution in [0.1, 0.15) is 19.8 Å². The topological polar surface area (TPSA) is 24.8 Å². The second-order valence-corrected chi connectivity index (χ2v) is 5.35. The smallest absolute Gasteiger partial charge is 0.212 e. The van der Waals surface area contributed by atoms with E-state index in [9.17, 15) is 4.39 Å². The normalized spacial score (nSPS) is 17.0. The van der Waals surface area contributed by atoms with Crippen molar-refractivity contribution in [2.45, 2.75) is 26.0 Å². The monoisotopic (exact) mass is 310 g/mol. The summed E-state index contributed by atoms with van der Waals surface area (Å²) in [6.45, 7) is 2.13. The van der Waals surface area contributed by atoms with Crippen molar-refractivity contribution in [3.63, 3.8) is 0 Å². The molecular weight excluding hydrogens is 291 g/mol. The van der Waals surface area contributed by atoms with Crippen molar-refractivity contribution in [2.75, 3.05) is 4.90 Å². The maximum Gasteiger partial charge on any atom is 0.212 e. The van der Waals surface area contributed by atoms with Crippen LogP contribution in [0.2, 0.25) is 0 Å². The number of nitrogens with zero attached hydrogens (tertiary/aromatic N) is 2. The van der Waals surface area contributed by atoms with E-state index in [1.807, 2.05) is 41.4 Å². The van der Waals surface area contributed by atoms with Crippen molar-refractivity contribution in [3.05, 3.63) is 72.3 Å². The first-order valence-corrected chi connectivity index (χ1v) is 7.77. The fourth-order valence-electron chi connectivity index (χ4n) is 2.45. The Kier molecular flexibility index (Phi) is 4.71. The molecular formula is C19H19FN2O. The average Bonchev–Trinajstić information content (AvgIpc) is 2.59. The van der Waals surface area contributed by atoms with E-state index in [2.05, 4.69) is 11.9 Å². The number of hydrogen-bond donors (Lipinski definition) is 0. The van der Waals surface area contributed by atoms with E-state index in [0.717, 1.165) is 24.2 Å². The van der Waals surface area contributed by atoms with E-state index in [0.29, 0.717) is 5.75 Å². The van der Waals surface area contributed by atoms with E-state index in [4.69, 9.17) is 4.74 Å². The molecule has 118 valence electrons.